The van der Waals surface area contributed by atoms with E-state index >= 15 is 0 Å². The summed E-state index contributed by atoms with van der Waals surface area (Å²) in [5, 5.41) is 6.34. The number of benzene rings is 1. The molecule has 0 aliphatic carbocycles. The van der Waals surface area contributed by atoms with Crippen molar-refractivity contribution in [3.05, 3.63) is 29.6 Å². The Hall–Kier alpha value is -1.08. The molecule has 2 heterocycles. The first kappa shape index (κ1) is 25.0. The first-order valence-corrected chi connectivity index (χ1v) is 9.76. The van der Waals surface area contributed by atoms with Gasteiger partial charge in [-0.25, -0.2) is 4.39 Å². The molecule has 0 aromatic heterocycles. The number of rotatable bonds is 5. The van der Waals surface area contributed by atoms with E-state index in [1.165, 1.54) is 6.07 Å². The summed E-state index contributed by atoms with van der Waals surface area (Å²) in [7, 11) is 0. The zero-order chi connectivity index (χ0) is 18.6. The molecule has 28 heavy (non-hydrogen) atoms. The molecule has 2 fully saturated rings. The van der Waals surface area contributed by atoms with Crippen LogP contribution in [0.3, 0.4) is 0 Å². The summed E-state index contributed by atoms with van der Waals surface area (Å²) < 4.78 is 14.6. The van der Waals surface area contributed by atoms with Crippen LogP contribution in [0.4, 0.5) is 10.1 Å². The van der Waals surface area contributed by atoms with Crippen LogP contribution in [0.1, 0.15) is 37.0 Å². The lowest BCUT2D eigenvalue weighted by molar-refractivity contribution is 0.0922. The van der Waals surface area contributed by atoms with Crippen molar-refractivity contribution in [2.75, 3.05) is 57.3 Å². The molecule has 0 unspecified atom stereocenters. The van der Waals surface area contributed by atoms with E-state index in [4.69, 9.17) is 0 Å². The molecule has 160 valence electrons. The molecule has 1 aromatic rings. The molecule has 2 saturated heterocycles. The second-order valence-electron chi connectivity index (χ2n) is 7.83. The third kappa shape index (κ3) is 6.21. The summed E-state index contributed by atoms with van der Waals surface area (Å²) in [6.07, 6.45) is 2.09. The lowest BCUT2D eigenvalue weighted by Gasteiger charge is -2.35. The van der Waals surface area contributed by atoms with Crippen LogP contribution in [0.2, 0.25) is 0 Å². The first-order chi connectivity index (χ1) is 12.5. The molecule has 0 bridgehead atoms. The first-order valence-electron chi connectivity index (χ1n) is 9.76. The largest absolute Gasteiger partial charge is 0.367 e. The Morgan fingerprint density at radius 2 is 1.82 bits per heavy atom. The van der Waals surface area contributed by atoms with E-state index < -0.39 is 0 Å². The Morgan fingerprint density at radius 1 is 1.18 bits per heavy atom. The van der Waals surface area contributed by atoms with Gasteiger partial charge in [-0.2, -0.15) is 0 Å². The Kier molecular flexibility index (Phi) is 9.98. The molecule has 2 aliphatic heterocycles. The number of anilines is 1. The summed E-state index contributed by atoms with van der Waals surface area (Å²) >= 11 is 0. The van der Waals surface area contributed by atoms with Gasteiger partial charge in [0, 0.05) is 38.3 Å². The summed E-state index contributed by atoms with van der Waals surface area (Å²) in [6.45, 7) is 11.5. The van der Waals surface area contributed by atoms with E-state index in [1.54, 1.807) is 12.1 Å². The number of hydrogen-bond donors (Lipinski definition) is 2. The molecular weight excluding hydrogens is 402 g/mol. The van der Waals surface area contributed by atoms with Gasteiger partial charge in [0.1, 0.15) is 5.82 Å². The predicted molar refractivity (Wildman–Crippen MR) is 118 cm³/mol. The Balaban J connectivity index is 0.00000196. The van der Waals surface area contributed by atoms with E-state index in [-0.39, 0.29) is 42.0 Å². The highest BCUT2D eigenvalue weighted by molar-refractivity contribution is 5.94. The van der Waals surface area contributed by atoms with Crippen LogP contribution in [0, 0.1) is 11.2 Å². The van der Waals surface area contributed by atoms with Crippen molar-refractivity contribution < 1.29 is 9.18 Å². The number of carbonyl (C=O) groups excluding carboxylic acids is 1. The highest BCUT2D eigenvalue weighted by Crippen LogP contribution is 2.27. The molecule has 3 rings (SSSR count). The highest BCUT2D eigenvalue weighted by atomic mass is 35.5. The van der Waals surface area contributed by atoms with Gasteiger partial charge >= 0.3 is 0 Å². The Morgan fingerprint density at radius 3 is 2.39 bits per heavy atom. The maximum atomic E-state index is 14.6. The van der Waals surface area contributed by atoms with Gasteiger partial charge in [0.05, 0.1) is 5.69 Å². The molecule has 1 amide bonds. The molecule has 5 nitrogen and oxygen atoms in total. The molecule has 1 aromatic carbocycles. The quantitative estimate of drug-likeness (QED) is 0.747. The van der Waals surface area contributed by atoms with E-state index in [9.17, 15) is 9.18 Å². The van der Waals surface area contributed by atoms with Gasteiger partial charge in [-0.1, -0.05) is 13.8 Å². The van der Waals surface area contributed by atoms with E-state index in [2.05, 4.69) is 34.3 Å². The van der Waals surface area contributed by atoms with Crippen LogP contribution in [0.15, 0.2) is 18.2 Å². The van der Waals surface area contributed by atoms with Crippen molar-refractivity contribution in [1.29, 1.82) is 0 Å². The van der Waals surface area contributed by atoms with Crippen LogP contribution < -0.4 is 15.5 Å². The number of nitrogens with one attached hydrogen (secondary N) is 2. The SMILES string of the molecule is CCN1CCN(c2ccc(C(=O)NCC3(C)CCNCC3)cc2F)CC1.Cl.Cl. The molecule has 8 heteroatoms. The van der Waals surface area contributed by atoms with Crippen molar-refractivity contribution in [2.45, 2.75) is 26.7 Å². The molecular formula is C20H33Cl2FN4O. The zero-order valence-corrected chi connectivity index (χ0v) is 18.4. The fourth-order valence-corrected chi connectivity index (χ4v) is 3.81. The minimum absolute atomic E-state index is 0. The lowest BCUT2D eigenvalue weighted by Crippen LogP contribution is -2.46. The number of amides is 1. The number of carbonyl (C=O) groups is 1. The van der Waals surface area contributed by atoms with Crippen LogP contribution in [0.25, 0.3) is 0 Å². The number of likely N-dealkylation sites (N-methyl/N-ethyl adjacent to an activating group) is 1. The molecule has 0 saturated carbocycles. The predicted octanol–water partition coefficient (Wildman–Crippen LogP) is 2.93. The van der Waals surface area contributed by atoms with Gasteiger partial charge in [0.2, 0.25) is 0 Å². The topological polar surface area (TPSA) is 47.6 Å². The number of hydrogen-bond acceptors (Lipinski definition) is 4. The second kappa shape index (κ2) is 11.2. The summed E-state index contributed by atoms with van der Waals surface area (Å²) in [4.78, 5) is 16.9. The van der Waals surface area contributed by atoms with E-state index in [1.807, 2.05) is 0 Å². The van der Waals surface area contributed by atoms with Crippen LogP contribution >= 0.6 is 24.8 Å². The average Bonchev–Trinajstić information content (AvgIpc) is 2.67. The summed E-state index contributed by atoms with van der Waals surface area (Å²) in [5.41, 5.74) is 1.12. The minimum atomic E-state index is -0.310. The third-order valence-corrected chi connectivity index (χ3v) is 5.86. The summed E-state index contributed by atoms with van der Waals surface area (Å²) in [6, 6.07) is 4.87. The Bertz CT molecular complexity index is 633. The number of piperidine rings is 1. The molecule has 0 radical (unpaired) electrons. The van der Waals surface area contributed by atoms with Crippen molar-refractivity contribution in [3.8, 4) is 0 Å². The van der Waals surface area contributed by atoms with Gasteiger partial charge in [-0.15, -0.1) is 24.8 Å². The lowest BCUT2D eigenvalue weighted by atomic mass is 9.81. The summed E-state index contributed by atoms with van der Waals surface area (Å²) in [5.74, 6) is -0.498. The normalized spacial score (nSPS) is 19.3. The van der Waals surface area contributed by atoms with Crippen molar-refractivity contribution >= 4 is 36.4 Å². The van der Waals surface area contributed by atoms with Crippen molar-refractivity contribution in [1.82, 2.24) is 15.5 Å². The van der Waals surface area contributed by atoms with Gasteiger partial charge in [0.15, 0.2) is 0 Å². The maximum absolute atomic E-state index is 14.6. The minimum Gasteiger partial charge on any atom is -0.367 e. The van der Waals surface area contributed by atoms with Crippen molar-refractivity contribution in [2.24, 2.45) is 5.41 Å². The number of halogens is 3. The van der Waals surface area contributed by atoms with Gasteiger partial charge in [-0.3, -0.25) is 4.79 Å². The fourth-order valence-electron chi connectivity index (χ4n) is 3.81. The smallest absolute Gasteiger partial charge is 0.251 e. The molecule has 0 spiro atoms. The number of nitrogens with zero attached hydrogens (tertiary/aromatic N) is 2. The highest BCUT2D eigenvalue weighted by Gasteiger charge is 2.27. The van der Waals surface area contributed by atoms with Gasteiger partial charge in [-0.05, 0) is 56.1 Å². The average molecular weight is 435 g/mol. The van der Waals surface area contributed by atoms with E-state index in [0.29, 0.717) is 17.8 Å². The van der Waals surface area contributed by atoms with Crippen LogP contribution in [0.5, 0.6) is 0 Å². The molecule has 2 aliphatic rings. The van der Waals surface area contributed by atoms with Gasteiger partial charge < -0.3 is 20.4 Å². The second-order valence-corrected chi connectivity index (χ2v) is 7.83. The third-order valence-electron chi connectivity index (χ3n) is 5.86. The monoisotopic (exact) mass is 434 g/mol. The number of piperazine rings is 1. The van der Waals surface area contributed by atoms with Crippen molar-refractivity contribution in [3.63, 3.8) is 0 Å². The Labute approximate surface area is 180 Å². The van der Waals surface area contributed by atoms with Gasteiger partial charge in [0.25, 0.3) is 5.91 Å². The molecule has 2 N–H and O–H groups in total. The van der Waals surface area contributed by atoms with Crippen LogP contribution in [-0.2, 0) is 0 Å². The van der Waals surface area contributed by atoms with Crippen LogP contribution in [-0.4, -0.2) is 63.2 Å². The maximum Gasteiger partial charge on any atom is 0.251 e. The molecule has 0 atom stereocenters. The fraction of sp³-hybridized carbons (Fsp3) is 0.650. The standard InChI is InChI=1S/C20H31FN4O.2ClH/c1-3-24-10-12-25(13-11-24)18-5-4-16(14-17(18)21)19(26)23-15-20(2)6-8-22-9-7-20;;/h4-5,14,22H,3,6-13,15H2,1-2H3,(H,23,26);2*1H. The zero-order valence-electron chi connectivity index (χ0n) is 16.8. The van der Waals surface area contributed by atoms with E-state index in [0.717, 1.165) is 58.7 Å².